The summed E-state index contributed by atoms with van der Waals surface area (Å²) >= 11 is 0. The largest absolute Gasteiger partial charge is 0.544 e. The van der Waals surface area contributed by atoms with Gasteiger partial charge in [-0.15, -0.1) is 0 Å². The van der Waals surface area contributed by atoms with Gasteiger partial charge in [-0.3, -0.25) is 4.79 Å². The number of hydrogen-bond acceptors (Lipinski definition) is 4. The minimum atomic E-state index is -1.25. The highest BCUT2D eigenvalue weighted by atomic mass is 16.4. The van der Waals surface area contributed by atoms with Crippen LogP contribution in [0.2, 0.25) is 0 Å². The van der Waals surface area contributed by atoms with Crippen LogP contribution in [0.25, 0.3) is 0 Å². The van der Waals surface area contributed by atoms with Crippen LogP contribution in [0.3, 0.4) is 0 Å². The highest BCUT2D eigenvalue weighted by Crippen LogP contribution is 2.13. The minimum absolute atomic E-state index is 0.186. The fraction of sp³-hybridized carbons (Fsp3) is 0.438. The predicted molar refractivity (Wildman–Crippen MR) is 79.5 cm³/mol. The van der Waals surface area contributed by atoms with E-state index in [0.29, 0.717) is 17.8 Å². The van der Waals surface area contributed by atoms with Gasteiger partial charge in [0.05, 0.1) is 30.2 Å². The molecule has 118 valence electrons. The highest BCUT2D eigenvalue weighted by Gasteiger charge is 2.18. The number of quaternary nitrogens is 1. The first-order valence-electron chi connectivity index (χ1n) is 7.41. The number of carboxylic acid groups (broad SMARTS) is 1. The molecule has 6 nitrogen and oxygen atoms in total. The zero-order chi connectivity index (χ0) is 16.4. The molecule has 0 unspecified atom stereocenters. The van der Waals surface area contributed by atoms with Crippen molar-refractivity contribution in [3.8, 4) is 6.07 Å². The molecule has 0 aliphatic rings. The van der Waals surface area contributed by atoms with E-state index in [2.05, 4.69) is 12.2 Å². The van der Waals surface area contributed by atoms with E-state index in [1.165, 1.54) is 0 Å². The second-order valence-corrected chi connectivity index (χ2v) is 5.07. The summed E-state index contributed by atoms with van der Waals surface area (Å²) in [6.45, 7) is 2.71. The Hall–Kier alpha value is -2.39. The number of nitrogens with one attached hydrogen (secondary N) is 1. The van der Waals surface area contributed by atoms with Crippen LogP contribution in [0.5, 0.6) is 0 Å². The van der Waals surface area contributed by atoms with Crippen molar-refractivity contribution >= 4 is 17.6 Å². The minimum Gasteiger partial charge on any atom is -0.544 e. The number of carbonyl (C=O) groups is 2. The number of anilines is 1. The van der Waals surface area contributed by atoms with Crippen molar-refractivity contribution in [1.29, 1.82) is 5.26 Å². The number of nitrogens with zero attached hydrogens (tertiary/aromatic N) is 1. The summed E-state index contributed by atoms with van der Waals surface area (Å²) in [6.07, 6.45) is 2.79. The summed E-state index contributed by atoms with van der Waals surface area (Å²) in [5.74, 6) is -1.69. The quantitative estimate of drug-likeness (QED) is 0.613. The van der Waals surface area contributed by atoms with Gasteiger partial charge in [-0.05, 0) is 25.0 Å². The molecule has 0 aliphatic carbocycles. The van der Waals surface area contributed by atoms with E-state index in [0.717, 1.165) is 19.3 Å². The van der Waals surface area contributed by atoms with Crippen molar-refractivity contribution in [3.05, 3.63) is 29.8 Å². The number of nitrogens with two attached hydrogens (primary N) is 1. The van der Waals surface area contributed by atoms with Gasteiger partial charge in [0.15, 0.2) is 0 Å². The Bertz CT molecular complexity index is 552. The van der Waals surface area contributed by atoms with Crippen LogP contribution in [0, 0.1) is 11.3 Å². The third-order valence-electron chi connectivity index (χ3n) is 3.29. The summed E-state index contributed by atoms with van der Waals surface area (Å²) < 4.78 is 0. The van der Waals surface area contributed by atoms with Crippen molar-refractivity contribution < 1.29 is 20.0 Å². The molecule has 3 N–H and O–H groups in total. The van der Waals surface area contributed by atoms with Gasteiger partial charge in [-0.2, -0.15) is 5.26 Å². The second-order valence-electron chi connectivity index (χ2n) is 5.07. The average molecular weight is 303 g/mol. The molecule has 1 rings (SSSR count). The number of unbranched alkanes of at least 4 members (excludes halogenated alkanes) is 2. The van der Waals surface area contributed by atoms with Gasteiger partial charge >= 0.3 is 0 Å². The average Bonchev–Trinajstić information content (AvgIpc) is 2.50. The molecular formula is C16H21N3O3. The Kier molecular flexibility index (Phi) is 7.65. The summed E-state index contributed by atoms with van der Waals surface area (Å²) in [7, 11) is 0. The zero-order valence-corrected chi connectivity index (χ0v) is 12.7. The van der Waals surface area contributed by atoms with Crippen LogP contribution < -0.4 is 15.7 Å². The predicted octanol–water partition coefficient (Wildman–Crippen LogP) is -0.241. The van der Waals surface area contributed by atoms with Crippen LogP contribution in [0.4, 0.5) is 5.69 Å². The number of benzene rings is 1. The van der Waals surface area contributed by atoms with Crippen LogP contribution in [-0.4, -0.2) is 24.5 Å². The fourth-order valence-electron chi connectivity index (χ4n) is 2.07. The van der Waals surface area contributed by atoms with Crippen molar-refractivity contribution in [1.82, 2.24) is 0 Å². The third kappa shape index (κ3) is 5.94. The molecule has 0 aliphatic heterocycles. The lowest BCUT2D eigenvalue weighted by Gasteiger charge is -2.16. The van der Waals surface area contributed by atoms with E-state index in [-0.39, 0.29) is 6.42 Å². The van der Waals surface area contributed by atoms with Gasteiger partial charge in [0.2, 0.25) is 5.91 Å². The molecule has 1 aromatic carbocycles. The number of para-hydroxylation sites is 1. The normalized spacial score (nSPS) is 11.5. The SMILES string of the molecule is CCCCC[NH2+][C@H](CC(=O)Nc1ccccc1C#N)C(=O)[O-]. The van der Waals surface area contributed by atoms with Crippen molar-refractivity contribution in [3.63, 3.8) is 0 Å². The summed E-state index contributed by atoms with van der Waals surface area (Å²) in [6, 6.07) is 7.65. The lowest BCUT2D eigenvalue weighted by Crippen LogP contribution is -2.93. The fourth-order valence-corrected chi connectivity index (χ4v) is 2.07. The van der Waals surface area contributed by atoms with E-state index in [9.17, 15) is 14.7 Å². The summed E-state index contributed by atoms with van der Waals surface area (Å²) in [5.41, 5.74) is 0.728. The first-order chi connectivity index (χ1) is 10.6. The molecule has 6 heteroatoms. The lowest BCUT2D eigenvalue weighted by molar-refractivity contribution is -0.682. The Labute approximate surface area is 130 Å². The molecule has 0 saturated heterocycles. The van der Waals surface area contributed by atoms with Gasteiger partial charge in [0, 0.05) is 0 Å². The van der Waals surface area contributed by atoms with E-state index in [1.807, 2.05) is 6.07 Å². The molecule has 0 heterocycles. The number of nitriles is 1. The van der Waals surface area contributed by atoms with Crippen molar-refractivity contribution in [2.45, 2.75) is 38.6 Å². The molecule has 1 aromatic rings. The van der Waals surface area contributed by atoms with Crippen LogP contribution in [0.15, 0.2) is 24.3 Å². The molecule has 1 amide bonds. The molecule has 0 fully saturated rings. The van der Waals surface area contributed by atoms with E-state index < -0.39 is 17.9 Å². The van der Waals surface area contributed by atoms with Gasteiger partial charge in [0.25, 0.3) is 0 Å². The van der Waals surface area contributed by atoms with Gasteiger partial charge < -0.3 is 20.5 Å². The lowest BCUT2D eigenvalue weighted by atomic mass is 10.1. The molecule has 0 spiro atoms. The Balaban J connectivity index is 2.56. The number of amides is 1. The molecule has 0 saturated carbocycles. The monoisotopic (exact) mass is 303 g/mol. The van der Waals surface area contributed by atoms with Crippen molar-refractivity contribution in [2.75, 3.05) is 11.9 Å². The molecular weight excluding hydrogens is 282 g/mol. The maximum atomic E-state index is 12.0. The number of aliphatic carboxylic acids is 1. The summed E-state index contributed by atoms with van der Waals surface area (Å²) in [5, 5.41) is 24.3. The Morgan fingerprint density at radius 2 is 2.09 bits per heavy atom. The maximum absolute atomic E-state index is 12.0. The van der Waals surface area contributed by atoms with Crippen LogP contribution in [0.1, 0.15) is 38.2 Å². The van der Waals surface area contributed by atoms with Gasteiger partial charge in [-0.25, -0.2) is 0 Å². The molecule has 1 atom stereocenters. The number of carboxylic acids is 1. The molecule has 0 aromatic heterocycles. The molecule has 0 radical (unpaired) electrons. The van der Waals surface area contributed by atoms with Crippen LogP contribution in [-0.2, 0) is 9.59 Å². The van der Waals surface area contributed by atoms with Crippen molar-refractivity contribution in [2.24, 2.45) is 0 Å². The van der Waals surface area contributed by atoms with Gasteiger partial charge in [0.1, 0.15) is 12.1 Å². The zero-order valence-electron chi connectivity index (χ0n) is 12.7. The molecule has 22 heavy (non-hydrogen) atoms. The van der Waals surface area contributed by atoms with Gasteiger partial charge in [-0.1, -0.05) is 25.5 Å². The first-order valence-corrected chi connectivity index (χ1v) is 7.41. The highest BCUT2D eigenvalue weighted by molar-refractivity contribution is 5.94. The topological polar surface area (TPSA) is 110 Å². The van der Waals surface area contributed by atoms with E-state index >= 15 is 0 Å². The van der Waals surface area contributed by atoms with E-state index in [4.69, 9.17) is 5.26 Å². The third-order valence-corrected chi connectivity index (χ3v) is 3.29. The Morgan fingerprint density at radius 3 is 2.73 bits per heavy atom. The van der Waals surface area contributed by atoms with E-state index in [1.54, 1.807) is 29.6 Å². The second kappa shape index (κ2) is 9.53. The van der Waals surface area contributed by atoms with Crippen LogP contribution >= 0.6 is 0 Å². The smallest absolute Gasteiger partial charge is 0.230 e. The summed E-state index contributed by atoms with van der Waals surface area (Å²) in [4.78, 5) is 23.1. The Morgan fingerprint density at radius 1 is 1.36 bits per heavy atom. The number of hydrogen-bond donors (Lipinski definition) is 2. The number of carbonyl (C=O) groups excluding carboxylic acids is 2. The first kappa shape index (κ1) is 17.7. The molecule has 0 bridgehead atoms. The number of rotatable bonds is 9. The maximum Gasteiger partial charge on any atom is 0.230 e. The standard InChI is InChI=1S/C16H21N3O3/c1-2-3-6-9-18-14(16(21)22)10-15(20)19-13-8-5-4-7-12(13)11-17/h4-5,7-8,14,18H,2-3,6,9-10H2,1H3,(H,19,20)(H,21,22)/t14-/m1/s1.